The molecule has 1 aromatic carbocycles. The fourth-order valence-electron chi connectivity index (χ4n) is 5.22. The van der Waals surface area contributed by atoms with Crippen LogP contribution in [0.1, 0.15) is 95.5 Å². The van der Waals surface area contributed by atoms with Gasteiger partial charge < -0.3 is 10.6 Å². The van der Waals surface area contributed by atoms with E-state index in [1.165, 1.54) is 76.3 Å². The monoisotopic (exact) mass is 392 g/mol. The Balaban J connectivity index is 1.81. The highest BCUT2D eigenvalue weighted by Crippen LogP contribution is 2.35. The summed E-state index contributed by atoms with van der Waals surface area (Å²) in [5.41, 5.74) is 6.32. The van der Waals surface area contributed by atoms with E-state index in [-0.39, 0.29) is 18.3 Å². The van der Waals surface area contributed by atoms with Gasteiger partial charge in [-0.05, 0) is 49.3 Å². The molecule has 0 radical (unpaired) electrons. The summed E-state index contributed by atoms with van der Waals surface area (Å²) in [4.78, 5) is 2.08. The number of nitrogens with zero attached hydrogens (tertiary/aromatic N) is 1. The van der Waals surface area contributed by atoms with Crippen LogP contribution < -0.4 is 10.6 Å². The van der Waals surface area contributed by atoms with Gasteiger partial charge in [-0.2, -0.15) is 0 Å². The molecular formula is C24H38F2N2. The minimum Gasteiger partial charge on any atom is -0.364 e. The van der Waals surface area contributed by atoms with Gasteiger partial charge in [0.1, 0.15) is 17.3 Å². The van der Waals surface area contributed by atoms with Crippen molar-refractivity contribution in [3.8, 4) is 0 Å². The van der Waals surface area contributed by atoms with Crippen molar-refractivity contribution in [1.82, 2.24) is 0 Å². The molecule has 2 aliphatic rings. The van der Waals surface area contributed by atoms with E-state index < -0.39 is 11.6 Å². The van der Waals surface area contributed by atoms with Crippen molar-refractivity contribution in [3.63, 3.8) is 0 Å². The molecule has 2 atom stereocenters. The summed E-state index contributed by atoms with van der Waals surface area (Å²) < 4.78 is 29.8. The molecule has 1 aliphatic heterocycles. The molecule has 4 heteroatoms. The second kappa shape index (κ2) is 11.1. The van der Waals surface area contributed by atoms with E-state index in [0.29, 0.717) is 5.56 Å². The van der Waals surface area contributed by atoms with Crippen LogP contribution in [0, 0.1) is 17.6 Å². The lowest BCUT2D eigenvalue weighted by Gasteiger charge is -2.34. The van der Waals surface area contributed by atoms with Crippen LogP contribution in [0.25, 0.3) is 0 Å². The van der Waals surface area contributed by atoms with Gasteiger partial charge in [0.25, 0.3) is 0 Å². The van der Waals surface area contributed by atoms with Gasteiger partial charge in [-0.3, -0.25) is 0 Å². The molecule has 1 aliphatic carbocycles. The first-order valence-electron chi connectivity index (χ1n) is 11.6. The molecule has 2 bridgehead atoms. The van der Waals surface area contributed by atoms with Gasteiger partial charge in [0.2, 0.25) is 0 Å². The summed E-state index contributed by atoms with van der Waals surface area (Å²) in [7, 11) is 0. The van der Waals surface area contributed by atoms with Gasteiger partial charge in [0.05, 0.1) is 0 Å². The smallest absolute Gasteiger partial charge is 0.149 e. The normalized spacial score (nSPS) is 25.8. The average Bonchev–Trinajstić information content (AvgIpc) is 2.92. The highest BCUT2D eigenvalue weighted by Gasteiger charge is 2.27. The molecule has 1 saturated carbocycles. The van der Waals surface area contributed by atoms with Crippen molar-refractivity contribution in [3.05, 3.63) is 29.3 Å². The Morgan fingerprint density at radius 2 is 1.36 bits per heavy atom. The van der Waals surface area contributed by atoms with Crippen molar-refractivity contribution in [2.24, 2.45) is 11.7 Å². The Kier molecular flexibility index (Phi) is 8.57. The SMILES string of the molecule is NCc1cc(F)c(N2CCCCCCCCCCC3CCCC2CC3)c(F)c1. The van der Waals surface area contributed by atoms with E-state index in [1.54, 1.807) is 0 Å². The van der Waals surface area contributed by atoms with E-state index in [2.05, 4.69) is 4.90 Å². The standard InChI is InChI=1S/C24H38F2N2/c25-22-16-20(18-27)17-23(26)24(22)28-15-8-6-4-2-1-3-5-7-10-19-11-9-12-21(28)14-13-19/h16-17,19,21H,1-15,18,27H2. The summed E-state index contributed by atoms with van der Waals surface area (Å²) in [6, 6.07) is 3.10. The zero-order chi connectivity index (χ0) is 19.8. The van der Waals surface area contributed by atoms with Crippen molar-refractivity contribution < 1.29 is 8.78 Å². The quantitative estimate of drug-likeness (QED) is 0.606. The third kappa shape index (κ3) is 5.92. The van der Waals surface area contributed by atoms with Crippen LogP contribution in [-0.2, 0) is 6.54 Å². The average molecular weight is 393 g/mol. The van der Waals surface area contributed by atoms with Crippen LogP contribution in [0.2, 0.25) is 0 Å². The van der Waals surface area contributed by atoms with Crippen LogP contribution in [-0.4, -0.2) is 12.6 Å². The minimum absolute atomic E-state index is 0.166. The van der Waals surface area contributed by atoms with Gasteiger partial charge in [-0.25, -0.2) is 8.78 Å². The van der Waals surface area contributed by atoms with Gasteiger partial charge in [0.15, 0.2) is 0 Å². The largest absolute Gasteiger partial charge is 0.364 e. The van der Waals surface area contributed by atoms with E-state index in [0.717, 1.165) is 38.1 Å². The van der Waals surface area contributed by atoms with Crippen molar-refractivity contribution in [1.29, 1.82) is 0 Å². The molecule has 1 saturated heterocycles. The maximum Gasteiger partial charge on any atom is 0.149 e. The third-order valence-electron chi connectivity index (χ3n) is 6.86. The lowest BCUT2D eigenvalue weighted by molar-refractivity contribution is 0.401. The second-order valence-corrected chi connectivity index (χ2v) is 8.95. The Hall–Kier alpha value is -1.16. The summed E-state index contributed by atoms with van der Waals surface area (Å²) in [6.45, 7) is 0.921. The molecular weight excluding hydrogens is 354 g/mol. The van der Waals surface area contributed by atoms with Crippen molar-refractivity contribution in [2.45, 2.75) is 102 Å². The highest BCUT2D eigenvalue weighted by molar-refractivity contribution is 5.51. The number of fused-ring (bicyclic) bond motifs is 3. The summed E-state index contributed by atoms with van der Waals surface area (Å²) in [6.07, 6.45) is 17.2. The van der Waals surface area contributed by atoms with Crippen LogP contribution in [0.4, 0.5) is 14.5 Å². The van der Waals surface area contributed by atoms with E-state index in [9.17, 15) is 8.78 Å². The number of rotatable bonds is 2. The lowest BCUT2D eigenvalue weighted by atomic mass is 9.93. The van der Waals surface area contributed by atoms with Gasteiger partial charge in [0, 0.05) is 19.1 Å². The number of hydrogen-bond acceptors (Lipinski definition) is 2. The first-order valence-corrected chi connectivity index (χ1v) is 11.6. The predicted octanol–water partition coefficient (Wildman–Crippen LogP) is 6.70. The predicted molar refractivity (Wildman–Crippen MR) is 114 cm³/mol. The minimum atomic E-state index is -0.445. The molecule has 2 unspecified atom stereocenters. The fraction of sp³-hybridized carbons (Fsp3) is 0.750. The third-order valence-corrected chi connectivity index (χ3v) is 6.86. The molecule has 28 heavy (non-hydrogen) atoms. The highest BCUT2D eigenvalue weighted by atomic mass is 19.1. The van der Waals surface area contributed by atoms with Crippen LogP contribution in [0.5, 0.6) is 0 Å². The maximum atomic E-state index is 14.9. The van der Waals surface area contributed by atoms with Crippen LogP contribution >= 0.6 is 0 Å². The summed E-state index contributed by atoms with van der Waals surface area (Å²) in [5, 5.41) is 0. The molecule has 0 amide bonds. The first-order chi connectivity index (χ1) is 13.7. The second-order valence-electron chi connectivity index (χ2n) is 8.95. The summed E-state index contributed by atoms with van der Waals surface area (Å²) in [5.74, 6) is -0.0929. The molecule has 0 spiro atoms. The van der Waals surface area contributed by atoms with Crippen LogP contribution in [0.15, 0.2) is 12.1 Å². The molecule has 2 N–H and O–H groups in total. The number of nitrogens with two attached hydrogens (primary N) is 1. The molecule has 2 fully saturated rings. The number of hydrogen-bond donors (Lipinski definition) is 1. The zero-order valence-electron chi connectivity index (χ0n) is 17.4. The Morgan fingerprint density at radius 1 is 0.750 bits per heavy atom. The Morgan fingerprint density at radius 3 is 2.04 bits per heavy atom. The molecule has 1 heterocycles. The maximum absolute atomic E-state index is 14.9. The fourth-order valence-corrected chi connectivity index (χ4v) is 5.22. The van der Waals surface area contributed by atoms with Gasteiger partial charge in [-0.1, -0.05) is 64.2 Å². The number of benzene rings is 1. The lowest BCUT2D eigenvalue weighted by Crippen LogP contribution is -2.37. The Bertz CT molecular complexity index is 581. The zero-order valence-corrected chi connectivity index (χ0v) is 17.4. The first kappa shape index (κ1) is 21.5. The molecule has 0 aromatic heterocycles. The number of halogens is 2. The number of anilines is 1. The molecule has 2 nitrogen and oxygen atoms in total. The van der Waals surface area contributed by atoms with E-state index in [4.69, 9.17) is 5.73 Å². The van der Waals surface area contributed by atoms with Gasteiger partial charge >= 0.3 is 0 Å². The topological polar surface area (TPSA) is 29.3 Å². The van der Waals surface area contributed by atoms with E-state index >= 15 is 0 Å². The summed E-state index contributed by atoms with van der Waals surface area (Å²) >= 11 is 0. The van der Waals surface area contributed by atoms with E-state index in [1.807, 2.05) is 0 Å². The van der Waals surface area contributed by atoms with Crippen molar-refractivity contribution in [2.75, 3.05) is 11.4 Å². The molecule has 1 aromatic rings. The molecule has 3 rings (SSSR count). The van der Waals surface area contributed by atoms with Gasteiger partial charge in [-0.15, -0.1) is 0 Å². The Labute approximate surface area is 169 Å². The molecule has 158 valence electrons. The van der Waals surface area contributed by atoms with Crippen molar-refractivity contribution >= 4 is 5.69 Å². The van der Waals surface area contributed by atoms with Crippen LogP contribution in [0.3, 0.4) is 0 Å².